The highest BCUT2D eigenvalue weighted by Gasteiger charge is 2.29. The van der Waals surface area contributed by atoms with Crippen LogP contribution in [0.5, 0.6) is 0 Å². The van der Waals surface area contributed by atoms with Crippen LogP contribution in [-0.2, 0) is 27.6 Å². The Kier molecular flexibility index (Phi) is 3.09. The fourth-order valence-corrected chi connectivity index (χ4v) is 4.06. The first kappa shape index (κ1) is 12.7. The van der Waals surface area contributed by atoms with Gasteiger partial charge in [-0.05, 0) is 42.9 Å². The van der Waals surface area contributed by atoms with Gasteiger partial charge in [0.15, 0.2) is 9.84 Å². The van der Waals surface area contributed by atoms with E-state index in [4.69, 9.17) is 0 Å². The van der Waals surface area contributed by atoms with Crippen molar-refractivity contribution in [2.45, 2.75) is 37.1 Å². The topological polar surface area (TPSA) is 63.2 Å². The molecule has 2 aliphatic rings. The van der Waals surface area contributed by atoms with E-state index in [1.54, 1.807) is 12.1 Å². The minimum Gasteiger partial charge on any atom is -0.352 e. The predicted octanol–water partition coefficient (Wildman–Crippen LogP) is 1.43. The Hall–Kier alpha value is -1.36. The monoisotopic (exact) mass is 279 g/mol. The number of benzene rings is 1. The smallest absolute Gasteiger partial charge is 0.223 e. The molecule has 4 nitrogen and oxygen atoms in total. The Morgan fingerprint density at radius 1 is 1.32 bits per heavy atom. The Labute approximate surface area is 113 Å². The maximum Gasteiger partial charge on any atom is 0.223 e. The first-order valence-corrected chi connectivity index (χ1v) is 8.34. The Bertz CT molecular complexity index is 618. The summed E-state index contributed by atoms with van der Waals surface area (Å²) in [5.41, 5.74) is 1.87. The van der Waals surface area contributed by atoms with Gasteiger partial charge in [0.2, 0.25) is 5.91 Å². The molecule has 1 saturated carbocycles. The van der Waals surface area contributed by atoms with Crippen LogP contribution in [0.25, 0.3) is 0 Å². The van der Waals surface area contributed by atoms with E-state index in [-0.39, 0.29) is 17.6 Å². The van der Waals surface area contributed by atoms with Crippen molar-refractivity contribution in [1.82, 2.24) is 5.32 Å². The number of fused-ring (bicyclic) bond motifs is 1. The minimum atomic E-state index is -3.08. The van der Waals surface area contributed by atoms with Crippen LogP contribution in [0.3, 0.4) is 0 Å². The van der Waals surface area contributed by atoms with Crippen LogP contribution >= 0.6 is 0 Å². The lowest BCUT2D eigenvalue weighted by atomic mass is 10.1. The molecule has 1 amide bonds. The number of carbonyl (C=O) groups is 1. The molecule has 102 valence electrons. The van der Waals surface area contributed by atoms with Crippen LogP contribution in [0.15, 0.2) is 23.1 Å². The van der Waals surface area contributed by atoms with Gasteiger partial charge in [0.05, 0.1) is 10.6 Å². The molecule has 1 aromatic carbocycles. The third-order valence-electron chi connectivity index (χ3n) is 3.73. The van der Waals surface area contributed by atoms with E-state index < -0.39 is 9.84 Å². The highest BCUT2D eigenvalue weighted by molar-refractivity contribution is 7.91. The quantitative estimate of drug-likeness (QED) is 0.910. The number of rotatable bonds is 3. The first-order chi connectivity index (χ1) is 9.06. The molecule has 0 unspecified atom stereocenters. The van der Waals surface area contributed by atoms with E-state index in [1.807, 2.05) is 6.07 Å². The number of nitrogens with one attached hydrogen (secondary N) is 1. The van der Waals surface area contributed by atoms with Gasteiger partial charge in [-0.3, -0.25) is 4.79 Å². The van der Waals surface area contributed by atoms with Crippen molar-refractivity contribution in [1.29, 1.82) is 0 Å². The molecular formula is C14H17NO3S. The molecule has 1 heterocycles. The summed E-state index contributed by atoms with van der Waals surface area (Å²) in [6.07, 6.45) is 3.48. The molecule has 0 bridgehead atoms. The summed E-state index contributed by atoms with van der Waals surface area (Å²) in [7, 11) is -3.08. The summed E-state index contributed by atoms with van der Waals surface area (Å²) in [5.74, 6) is 0.570. The molecule has 3 rings (SSSR count). The van der Waals surface area contributed by atoms with Gasteiger partial charge in [-0.15, -0.1) is 0 Å². The number of hydrogen-bond donors (Lipinski definition) is 1. The Balaban J connectivity index is 1.75. The normalized spacial score (nSPS) is 20.6. The third-order valence-corrected chi connectivity index (χ3v) is 5.63. The zero-order valence-corrected chi connectivity index (χ0v) is 11.5. The maximum absolute atomic E-state index is 11.9. The van der Waals surface area contributed by atoms with E-state index in [0.717, 1.165) is 30.4 Å². The maximum atomic E-state index is 11.9. The van der Waals surface area contributed by atoms with Crippen LogP contribution in [-0.4, -0.2) is 20.1 Å². The number of sulfone groups is 1. The molecule has 1 aromatic rings. The summed E-state index contributed by atoms with van der Waals surface area (Å²) in [6, 6.07) is 5.40. The standard InChI is InChI=1S/C14H17NO3S/c16-14(11-4-5-11)15-9-10-3-6-13-12(8-10)2-1-7-19(13,17)18/h3,6,8,11H,1-2,4-5,7,9H2,(H,15,16). The fraction of sp³-hybridized carbons (Fsp3) is 0.500. The second-order valence-corrected chi connectivity index (χ2v) is 7.43. The van der Waals surface area contributed by atoms with Gasteiger partial charge in [-0.2, -0.15) is 0 Å². The van der Waals surface area contributed by atoms with Gasteiger partial charge in [-0.1, -0.05) is 12.1 Å². The molecular weight excluding hydrogens is 262 g/mol. The van der Waals surface area contributed by atoms with Crippen molar-refractivity contribution in [3.8, 4) is 0 Å². The van der Waals surface area contributed by atoms with Crippen molar-refractivity contribution >= 4 is 15.7 Å². The van der Waals surface area contributed by atoms with Gasteiger partial charge in [0.25, 0.3) is 0 Å². The lowest BCUT2D eigenvalue weighted by Crippen LogP contribution is -2.24. The molecule has 1 aliphatic carbocycles. The summed E-state index contributed by atoms with van der Waals surface area (Å²) in [4.78, 5) is 12.0. The zero-order chi connectivity index (χ0) is 13.5. The van der Waals surface area contributed by atoms with Crippen molar-refractivity contribution in [3.05, 3.63) is 29.3 Å². The molecule has 5 heteroatoms. The van der Waals surface area contributed by atoms with E-state index in [1.165, 1.54) is 0 Å². The highest BCUT2D eigenvalue weighted by Crippen LogP contribution is 2.29. The summed E-state index contributed by atoms with van der Waals surface area (Å²) < 4.78 is 23.8. The summed E-state index contributed by atoms with van der Waals surface area (Å²) >= 11 is 0. The summed E-state index contributed by atoms with van der Waals surface area (Å²) in [6.45, 7) is 0.489. The molecule has 1 aliphatic heterocycles. The van der Waals surface area contributed by atoms with E-state index in [0.29, 0.717) is 17.9 Å². The van der Waals surface area contributed by atoms with E-state index in [2.05, 4.69) is 5.32 Å². The fourth-order valence-electron chi connectivity index (χ4n) is 2.48. The summed E-state index contributed by atoms with van der Waals surface area (Å²) in [5, 5.41) is 2.90. The first-order valence-electron chi connectivity index (χ1n) is 6.68. The second-order valence-electron chi connectivity index (χ2n) is 5.36. The SMILES string of the molecule is O=C(NCc1ccc2c(c1)CCCS2(=O)=O)C1CC1. The van der Waals surface area contributed by atoms with Crippen molar-refractivity contribution < 1.29 is 13.2 Å². The van der Waals surface area contributed by atoms with Crippen molar-refractivity contribution in [2.75, 3.05) is 5.75 Å². The molecule has 0 spiro atoms. The number of hydrogen-bond acceptors (Lipinski definition) is 3. The van der Waals surface area contributed by atoms with Crippen molar-refractivity contribution in [3.63, 3.8) is 0 Å². The lowest BCUT2D eigenvalue weighted by Gasteiger charge is -2.17. The predicted molar refractivity (Wildman–Crippen MR) is 71.4 cm³/mol. The largest absolute Gasteiger partial charge is 0.352 e. The number of aryl methyl sites for hydroxylation is 1. The second kappa shape index (κ2) is 4.63. The van der Waals surface area contributed by atoms with Crippen LogP contribution in [0.2, 0.25) is 0 Å². The van der Waals surface area contributed by atoms with E-state index in [9.17, 15) is 13.2 Å². The van der Waals surface area contributed by atoms with E-state index >= 15 is 0 Å². The molecule has 1 fully saturated rings. The van der Waals surface area contributed by atoms with Gasteiger partial charge in [0.1, 0.15) is 0 Å². The molecule has 19 heavy (non-hydrogen) atoms. The molecule has 0 saturated heterocycles. The Morgan fingerprint density at radius 3 is 2.84 bits per heavy atom. The average molecular weight is 279 g/mol. The lowest BCUT2D eigenvalue weighted by molar-refractivity contribution is -0.122. The molecule has 0 atom stereocenters. The molecule has 0 aromatic heterocycles. The molecule has 0 radical (unpaired) electrons. The van der Waals surface area contributed by atoms with Gasteiger partial charge in [0, 0.05) is 12.5 Å². The van der Waals surface area contributed by atoms with Gasteiger partial charge < -0.3 is 5.32 Å². The highest BCUT2D eigenvalue weighted by atomic mass is 32.2. The van der Waals surface area contributed by atoms with Crippen LogP contribution in [0.1, 0.15) is 30.4 Å². The van der Waals surface area contributed by atoms with Gasteiger partial charge >= 0.3 is 0 Å². The van der Waals surface area contributed by atoms with Crippen LogP contribution in [0, 0.1) is 5.92 Å². The zero-order valence-electron chi connectivity index (χ0n) is 10.7. The van der Waals surface area contributed by atoms with Crippen LogP contribution in [0.4, 0.5) is 0 Å². The number of amides is 1. The third kappa shape index (κ3) is 2.66. The molecule has 1 N–H and O–H groups in total. The van der Waals surface area contributed by atoms with Crippen molar-refractivity contribution in [2.24, 2.45) is 5.92 Å². The minimum absolute atomic E-state index is 0.116. The van der Waals surface area contributed by atoms with Gasteiger partial charge in [-0.25, -0.2) is 8.42 Å². The Morgan fingerprint density at radius 2 is 2.11 bits per heavy atom. The average Bonchev–Trinajstić information content (AvgIpc) is 3.19. The van der Waals surface area contributed by atoms with Crippen LogP contribution < -0.4 is 5.32 Å². The number of carbonyl (C=O) groups excluding carboxylic acids is 1.